The topological polar surface area (TPSA) is 77.7 Å². The summed E-state index contributed by atoms with van der Waals surface area (Å²) in [4.78, 5) is 18.1. The van der Waals surface area contributed by atoms with Gasteiger partial charge in [0, 0.05) is 38.4 Å². The number of hydroxylamine groups is 1. The van der Waals surface area contributed by atoms with Gasteiger partial charge in [-0.15, -0.1) is 11.8 Å². The Morgan fingerprint density at radius 2 is 2.24 bits per heavy atom. The van der Waals surface area contributed by atoms with Crippen LogP contribution in [-0.2, 0) is 16.2 Å². The summed E-state index contributed by atoms with van der Waals surface area (Å²) in [5.41, 5.74) is 7.53. The van der Waals surface area contributed by atoms with Gasteiger partial charge in [0.05, 0.1) is 11.4 Å². The van der Waals surface area contributed by atoms with Gasteiger partial charge in [-0.05, 0) is 5.56 Å². The standard InChI is InChI=1S/C17H25N5O2S/c23-16(14-8-15(24-21-14)17-18-6-7-25-17)20-13-9-19-22(11-13)10-12-4-2-1-3-5-12/h1-5,13-15,17-19,21H,6-11H2,(H,20,23). The maximum Gasteiger partial charge on any atom is 0.239 e. The number of carbonyl (C=O) groups is 1. The Morgan fingerprint density at radius 3 is 3.04 bits per heavy atom. The van der Waals surface area contributed by atoms with E-state index in [4.69, 9.17) is 4.84 Å². The molecule has 3 heterocycles. The number of nitrogens with zero attached hydrogens (tertiary/aromatic N) is 1. The molecule has 0 bridgehead atoms. The highest BCUT2D eigenvalue weighted by Crippen LogP contribution is 2.25. The van der Waals surface area contributed by atoms with Crippen molar-refractivity contribution < 1.29 is 9.63 Å². The van der Waals surface area contributed by atoms with E-state index in [0.717, 1.165) is 31.9 Å². The summed E-state index contributed by atoms with van der Waals surface area (Å²) in [5.74, 6) is 1.13. The average Bonchev–Trinajstić information content (AvgIpc) is 3.37. The van der Waals surface area contributed by atoms with E-state index in [2.05, 4.69) is 38.7 Å². The van der Waals surface area contributed by atoms with E-state index in [1.165, 1.54) is 5.56 Å². The summed E-state index contributed by atoms with van der Waals surface area (Å²) in [6.45, 7) is 3.41. The van der Waals surface area contributed by atoms with Crippen LogP contribution < -0.4 is 21.5 Å². The molecule has 4 N–H and O–H groups in total. The minimum atomic E-state index is -0.267. The Bertz CT molecular complexity index is 584. The van der Waals surface area contributed by atoms with E-state index in [1.54, 1.807) is 0 Å². The van der Waals surface area contributed by atoms with Gasteiger partial charge in [-0.1, -0.05) is 30.3 Å². The van der Waals surface area contributed by atoms with Crippen LogP contribution in [0.4, 0.5) is 0 Å². The summed E-state index contributed by atoms with van der Waals surface area (Å²) in [5, 5.41) is 8.99. The second-order valence-electron chi connectivity index (χ2n) is 6.74. The maximum absolute atomic E-state index is 12.5. The largest absolute Gasteiger partial charge is 0.349 e. The molecule has 3 fully saturated rings. The van der Waals surface area contributed by atoms with Gasteiger partial charge >= 0.3 is 0 Å². The minimum Gasteiger partial charge on any atom is -0.349 e. The van der Waals surface area contributed by atoms with Crippen molar-refractivity contribution in [2.24, 2.45) is 0 Å². The highest BCUT2D eigenvalue weighted by atomic mass is 32.2. The Kier molecular flexibility index (Phi) is 5.54. The molecule has 8 heteroatoms. The molecule has 1 aromatic carbocycles. The molecule has 3 saturated heterocycles. The Hall–Kier alpha value is -1.16. The van der Waals surface area contributed by atoms with Crippen LogP contribution in [-0.4, -0.2) is 59.9 Å². The molecule has 1 amide bonds. The fraction of sp³-hybridized carbons (Fsp3) is 0.588. The molecule has 136 valence electrons. The molecule has 0 radical (unpaired) electrons. The van der Waals surface area contributed by atoms with E-state index in [-0.39, 0.29) is 24.1 Å². The van der Waals surface area contributed by atoms with E-state index in [1.807, 2.05) is 30.0 Å². The summed E-state index contributed by atoms with van der Waals surface area (Å²) in [6.07, 6.45) is 0.768. The van der Waals surface area contributed by atoms with Crippen molar-refractivity contribution in [2.75, 3.05) is 25.4 Å². The van der Waals surface area contributed by atoms with Gasteiger partial charge in [0.2, 0.25) is 5.91 Å². The number of rotatable bonds is 5. The molecule has 3 aliphatic heterocycles. The molecule has 25 heavy (non-hydrogen) atoms. The summed E-state index contributed by atoms with van der Waals surface area (Å²) >= 11 is 1.86. The van der Waals surface area contributed by atoms with Gasteiger partial charge in [-0.3, -0.25) is 15.1 Å². The maximum atomic E-state index is 12.5. The molecule has 0 aromatic heterocycles. The molecule has 4 atom stereocenters. The molecule has 1 aromatic rings. The zero-order chi connectivity index (χ0) is 17.1. The van der Waals surface area contributed by atoms with Crippen molar-refractivity contribution >= 4 is 17.7 Å². The lowest BCUT2D eigenvalue weighted by Gasteiger charge is -2.17. The SMILES string of the molecule is O=C(NC1CNN(Cc2ccccc2)C1)C1CC(C2NCCS2)ON1. The molecular weight excluding hydrogens is 338 g/mol. The zero-order valence-corrected chi connectivity index (χ0v) is 14.9. The van der Waals surface area contributed by atoms with Gasteiger partial charge in [0.15, 0.2) is 0 Å². The van der Waals surface area contributed by atoms with Crippen LogP contribution in [0.15, 0.2) is 30.3 Å². The predicted molar refractivity (Wildman–Crippen MR) is 97.4 cm³/mol. The third-order valence-electron chi connectivity index (χ3n) is 4.79. The zero-order valence-electron chi connectivity index (χ0n) is 14.1. The highest BCUT2D eigenvalue weighted by molar-refractivity contribution is 8.00. The average molecular weight is 363 g/mol. The number of nitrogens with one attached hydrogen (secondary N) is 4. The van der Waals surface area contributed by atoms with E-state index in [9.17, 15) is 4.79 Å². The van der Waals surface area contributed by atoms with Crippen LogP contribution in [0.2, 0.25) is 0 Å². The first-order chi connectivity index (χ1) is 12.3. The van der Waals surface area contributed by atoms with Crippen LogP contribution in [0.3, 0.4) is 0 Å². The summed E-state index contributed by atoms with van der Waals surface area (Å²) in [7, 11) is 0. The molecule has 0 saturated carbocycles. The second kappa shape index (κ2) is 8.03. The highest BCUT2D eigenvalue weighted by Gasteiger charge is 2.38. The lowest BCUT2D eigenvalue weighted by atomic mass is 10.1. The lowest BCUT2D eigenvalue weighted by Crippen LogP contribution is -2.47. The first kappa shape index (κ1) is 17.3. The lowest BCUT2D eigenvalue weighted by molar-refractivity contribution is -0.124. The number of hydrazine groups is 1. The van der Waals surface area contributed by atoms with Gasteiger partial charge in [-0.25, -0.2) is 5.01 Å². The van der Waals surface area contributed by atoms with Crippen molar-refractivity contribution in [3.63, 3.8) is 0 Å². The van der Waals surface area contributed by atoms with Gasteiger partial charge in [-0.2, -0.15) is 5.48 Å². The quantitative estimate of drug-likeness (QED) is 0.578. The van der Waals surface area contributed by atoms with Gasteiger partial charge < -0.3 is 10.6 Å². The van der Waals surface area contributed by atoms with E-state index >= 15 is 0 Å². The number of carbonyl (C=O) groups excluding carboxylic acids is 1. The fourth-order valence-corrected chi connectivity index (χ4v) is 4.59. The van der Waals surface area contributed by atoms with Crippen molar-refractivity contribution in [1.29, 1.82) is 0 Å². The molecule has 3 aliphatic rings. The summed E-state index contributed by atoms with van der Waals surface area (Å²) < 4.78 is 0. The monoisotopic (exact) mass is 363 g/mol. The number of hydrogen-bond acceptors (Lipinski definition) is 7. The normalized spacial score (nSPS) is 33.0. The van der Waals surface area contributed by atoms with Crippen molar-refractivity contribution in [3.8, 4) is 0 Å². The molecule has 4 rings (SSSR count). The number of hydrogen-bond donors (Lipinski definition) is 4. The first-order valence-corrected chi connectivity index (χ1v) is 9.92. The molecule has 4 unspecified atom stereocenters. The predicted octanol–water partition coefficient (Wildman–Crippen LogP) is -0.184. The molecule has 0 aliphatic carbocycles. The Morgan fingerprint density at radius 1 is 1.36 bits per heavy atom. The number of benzene rings is 1. The van der Waals surface area contributed by atoms with Crippen LogP contribution in [0, 0.1) is 0 Å². The van der Waals surface area contributed by atoms with Crippen molar-refractivity contribution in [2.45, 2.75) is 36.5 Å². The third-order valence-corrected chi connectivity index (χ3v) is 6.06. The summed E-state index contributed by atoms with van der Waals surface area (Å²) in [6, 6.07) is 10.2. The Balaban J connectivity index is 1.22. The van der Waals surface area contributed by atoms with Crippen molar-refractivity contribution in [1.82, 2.24) is 26.5 Å². The van der Waals surface area contributed by atoms with E-state index < -0.39 is 0 Å². The van der Waals surface area contributed by atoms with Crippen LogP contribution >= 0.6 is 11.8 Å². The third kappa shape index (κ3) is 4.33. The second-order valence-corrected chi connectivity index (χ2v) is 7.99. The van der Waals surface area contributed by atoms with Crippen molar-refractivity contribution in [3.05, 3.63) is 35.9 Å². The smallest absolute Gasteiger partial charge is 0.239 e. The van der Waals surface area contributed by atoms with Gasteiger partial charge in [0.25, 0.3) is 0 Å². The molecule has 0 spiro atoms. The first-order valence-electron chi connectivity index (χ1n) is 8.87. The Labute approximate surface area is 152 Å². The molecular formula is C17H25N5O2S. The van der Waals surface area contributed by atoms with Crippen LogP contribution in [0.1, 0.15) is 12.0 Å². The number of thioether (sulfide) groups is 1. The van der Waals surface area contributed by atoms with Gasteiger partial charge in [0.1, 0.15) is 12.1 Å². The van der Waals surface area contributed by atoms with Crippen LogP contribution in [0.5, 0.6) is 0 Å². The molecule has 7 nitrogen and oxygen atoms in total. The minimum absolute atomic E-state index is 0.0267. The number of amides is 1. The fourth-order valence-electron chi connectivity index (χ4n) is 3.49. The van der Waals surface area contributed by atoms with Crippen LogP contribution in [0.25, 0.3) is 0 Å². The van der Waals surface area contributed by atoms with E-state index in [0.29, 0.717) is 11.8 Å².